The predicted octanol–water partition coefficient (Wildman–Crippen LogP) is 2.65. The number of carbonyl (C=O) groups is 1. The highest BCUT2D eigenvalue weighted by Gasteiger charge is 2.20. The zero-order valence-corrected chi connectivity index (χ0v) is 13.5. The van der Waals surface area contributed by atoms with Crippen molar-refractivity contribution in [2.45, 2.75) is 27.4 Å². The van der Waals surface area contributed by atoms with E-state index in [1.807, 2.05) is 26.0 Å². The molecule has 2 N–H and O–H groups in total. The maximum absolute atomic E-state index is 12.2. The fourth-order valence-corrected chi connectivity index (χ4v) is 2.49. The van der Waals surface area contributed by atoms with E-state index in [1.165, 1.54) is 6.07 Å². The van der Waals surface area contributed by atoms with E-state index >= 15 is 0 Å². The first-order valence-electron chi connectivity index (χ1n) is 7.30. The summed E-state index contributed by atoms with van der Waals surface area (Å²) in [6, 6.07) is 5.07. The van der Waals surface area contributed by atoms with Gasteiger partial charge in [0.2, 0.25) is 5.88 Å². The van der Waals surface area contributed by atoms with Crippen LogP contribution in [-0.4, -0.2) is 11.1 Å². The second-order valence-corrected chi connectivity index (χ2v) is 5.56. The van der Waals surface area contributed by atoms with E-state index in [0.29, 0.717) is 16.8 Å². The molecule has 124 valence electrons. The fraction of sp³-hybridized carbons (Fsp3) is 0.235. The number of rotatable bonds is 3. The second kappa shape index (κ2) is 5.84. The van der Waals surface area contributed by atoms with Crippen LogP contribution in [0, 0.1) is 20.8 Å². The van der Waals surface area contributed by atoms with Gasteiger partial charge in [-0.2, -0.15) is 0 Å². The number of ether oxygens (including phenoxy) is 1. The first kappa shape index (κ1) is 15.8. The van der Waals surface area contributed by atoms with Gasteiger partial charge in [-0.1, -0.05) is 17.3 Å². The lowest BCUT2D eigenvalue weighted by molar-refractivity contribution is 0.0474. The van der Waals surface area contributed by atoms with Gasteiger partial charge >= 0.3 is 11.6 Å². The van der Waals surface area contributed by atoms with Crippen LogP contribution in [0.3, 0.4) is 0 Å². The van der Waals surface area contributed by atoms with Crippen LogP contribution in [0.15, 0.2) is 31.9 Å². The third-order valence-electron chi connectivity index (χ3n) is 3.97. The monoisotopic (exact) mass is 328 g/mol. The number of aryl methyl sites for hydroxylation is 3. The van der Waals surface area contributed by atoms with Crippen LogP contribution in [0.25, 0.3) is 11.0 Å². The number of hydrogen-bond donors (Lipinski definition) is 1. The largest absolute Gasteiger partial charge is 0.457 e. The molecule has 3 rings (SSSR count). The molecule has 0 atom stereocenters. The summed E-state index contributed by atoms with van der Waals surface area (Å²) in [6.07, 6.45) is 0. The molecule has 0 saturated carbocycles. The molecule has 0 radical (unpaired) electrons. The number of carbonyl (C=O) groups excluding carboxylic acids is 1. The van der Waals surface area contributed by atoms with E-state index in [2.05, 4.69) is 5.16 Å². The Balaban J connectivity index is 1.95. The number of anilines is 1. The molecule has 2 aromatic heterocycles. The summed E-state index contributed by atoms with van der Waals surface area (Å²) in [7, 11) is 0. The normalized spacial score (nSPS) is 11.0. The lowest BCUT2D eigenvalue weighted by Crippen LogP contribution is -2.10. The third-order valence-corrected chi connectivity index (χ3v) is 3.97. The minimum absolute atomic E-state index is 0.0898. The molecule has 3 aromatic rings. The van der Waals surface area contributed by atoms with Crippen LogP contribution in [0.2, 0.25) is 0 Å². The molecule has 2 heterocycles. The Hall–Kier alpha value is -3.09. The van der Waals surface area contributed by atoms with Crippen molar-refractivity contribution in [3.05, 3.63) is 56.6 Å². The summed E-state index contributed by atoms with van der Waals surface area (Å²) in [4.78, 5) is 24.0. The van der Waals surface area contributed by atoms with Gasteiger partial charge in [0, 0.05) is 17.0 Å². The lowest BCUT2D eigenvalue weighted by Gasteiger charge is -2.09. The number of nitrogens with two attached hydrogens (primary N) is 1. The molecule has 0 spiro atoms. The molecule has 0 fully saturated rings. The Morgan fingerprint density at radius 1 is 1.29 bits per heavy atom. The quantitative estimate of drug-likeness (QED) is 0.581. The molecule has 0 aliphatic carbocycles. The molecule has 24 heavy (non-hydrogen) atoms. The van der Waals surface area contributed by atoms with Crippen LogP contribution >= 0.6 is 0 Å². The van der Waals surface area contributed by atoms with E-state index in [9.17, 15) is 9.59 Å². The standard InChI is InChI=1S/C17H16N2O5/c1-8-4-5-12-11(6-13(20)23-15(12)9(8)2)7-22-17(21)14-10(3)19-24-16(14)18/h4-6H,7,18H2,1-3H3. The number of benzene rings is 1. The first-order chi connectivity index (χ1) is 11.4. The Kier molecular flexibility index (Phi) is 3.84. The zero-order valence-electron chi connectivity index (χ0n) is 13.5. The van der Waals surface area contributed by atoms with E-state index in [0.717, 1.165) is 16.5 Å². The molecule has 0 saturated heterocycles. The average molecular weight is 328 g/mol. The van der Waals surface area contributed by atoms with Crippen LogP contribution in [0.1, 0.15) is 32.7 Å². The van der Waals surface area contributed by atoms with Gasteiger partial charge in [-0.25, -0.2) is 9.59 Å². The molecule has 0 aliphatic rings. The molecule has 0 amide bonds. The van der Waals surface area contributed by atoms with Crippen molar-refractivity contribution in [2.24, 2.45) is 0 Å². The number of esters is 1. The number of hydrogen-bond acceptors (Lipinski definition) is 7. The summed E-state index contributed by atoms with van der Waals surface area (Å²) in [5, 5.41) is 4.33. The fourth-order valence-electron chi connectivity index (χ4n) is 2.49. The van der Waals surface area contributed by atoms with Crippen molar-refractivity contribution in [3.63, 3.8) is 0 Å². The molecule has 0 aliphatic heterocycles. The molecule has 1 aromatic carbocycles. The van der Waals surface area contributed by atoms with Crippen LogP contribution in [0.4, 0.5) is 5.88 Å². The SMILES string of the molecule is Cc1ccc2c(COC(=O)c3c(C)noc3N)cc(=O)oc2c1C. The molecule has 7 nitrogen and oxygen atoms in total. The highest BCUT2D eigenvalue weighted by Crippen LogP contribution is 2.24. The number of nitrogen functional groups attached to an aromatic ring is 1. The summed E-state index contributed by atoms with van der Waals surface area (Å²) >= 11 is 0. The van der Waals surface area contributed by atoms with Crippen LogP contribution in [0.5, 0.6) is 0 Å². The molecule has 0 bridgehead atoms. The highest BCUT2D eigenvalue weighted by atomic mass is 16.5. The minimum atomic E-state index is -0.656. The van der Waals surface area contributed by atoms with Crippen molar-refractivity contribution in [1.82, 2.24) is 5.16 Å². The molecule has 0 unspecified atom stereocenters. The Bertz CT molecular complexity index is 981. The van der Waals surface area contributed by atoms with Crippen molar-refractivity contribution < 1.29 is 18.5 Å². The summed E-state index contributed by atoms with van der Waals surface area (Å²) in [6.45, 7) is 5.30. The van der Waals surface area contributed by atoms with Crippen molar-refractivity contribution in [1.29, 1.82) is 0 Å². The molecule has 7 heteroatoms. The Morgan fingerprint density at radius 3 is 2.71 bits per heavy atom. The van der Waals surface area contributed by atoms with Gasteiger partial charge in [0.25, 0.3) is 0 Å². The summed E-state index contributed by atoms with van der Waals surface area (Å²) in [5.74, 6) is -0.752. The zero-order chi connectivity index (χ0) is 17.4. The molecular weight excluding hydrogens is 312 g/mol. The van der Waals surface area contributed by atoms with Gasteiger partial charge < -0.3 is 19.4 Å². The van der Waals surface area contributed by atoms with E-state index in [-0.39, 0.29) is 18.1 Å². The second-order valence-electron chi connectivity index (χ2n) is 5.56. The minimum Gasteiger partial charge on any atom is -0.457 e. The summed E-state index contributed by atoms with van der Waals surface area (Å²) in [5.41, 5.74) is 8.45. The van der Waals surface area contributed by atoms with Crippen LogP contribution in [-0.2, 0) is 11.3 Å². The predicted molar refractivity (Wildman–Crippen MR) is 86.7 cm³/mol. The maximum atomic E-state index is 12.2. The number of aromatic nitrogens is 1. The van der Waals surface area contributed by atoms with E-state index in [1.54, 1.807) is 6.92 Å². The van der Waals surface area contributed by atoms with Crippen LogP contribution < -0.4 is 11.4 Å². The topological polar surface area (TPSA) is 109 Å². The van der Waals surface area contributed by atoms with Crippen molar-refractivity contribution in [2.75, 3.05) is 5.73 Å². The third kappa shape index (κ3) is 2.64. The van der Waals surface area contributed by atoms with Gasteiger partial charge in [0.05, 0.1) is 5.69 Å². The van der Waals surface area contributed by atoms with Gasteiger partial charge in [0.15, 0.2) is 0 Å². The van der Waals surface area contributed by atoms with E-state index < -0.39 is 11.6 Å². The van der Waals surface area contributed by atoms with Gasteiger partial charge in [0.1, 0.15) is 17.8 Å². The smallest absolute Gasteiger partial charge is 0.346 e. The van der Waals surface area contributed by atoms with Gasteiger partial charge in [-0.05, 0) is 31.9 Å². The summed E-state index contributed by atoms with van der Waals surface area (Å²) < 4.78 is 15.3. The molecular formula is C17H16N2O5. The highest BCUT2D eigenvalue weighted by molar-refractivity contribution is 5.95. The lowest BCUT2D eigenvalue weighted by atomic mass is 10.0. The van der Waals surface area contributed by atoms with Crippen molar-refractivity contribution >= 4 is 22.8 Å². The maximum Gasteiger partial charge on any atom is 0.346 e. The van der Waals surface area contributed by atoms with Gasteiger partial charge in [-0.15, -0.1) is 0 Å². The first-order valence-corrected chi connectivity index (χ1v) is 7.30. The van der Waals surface area contributed by atoms with Crippen molar-refractivity contribution in [3.8, 4) is 0 Å². The Labute approximate surface area is 137 Å². The number of nitrogens with zero attached hydrogens (tertiary/aromatic N) is 1. The Morgan fingerprint density at radius 2 is 2.04 bits per heavy atom. The average Bonchev–Trinajstić information content (AvgIpc) is 2.87. The van der Waals surface area contributed by atoms with Gasteiger partial charge in [-0.3, -0.25) is 0 Å². The van der Waals surface area contributed by atoms with E-state index in [4.69, 9.17) is 19.4 Å². The number of fused-ring (bicyclic) bond motifs is 1.